The summed E-state index contributed by atoms with van der Waals surface area (Å²) in [6.07, 6.45) is 0. The van der Waals surface area contributed by atoms with Gasteiger partial charge in [-0.2, -0.15) is 0 Å². The number of carbonyl (C=O) groups excluding carboxylic acids is 2. The fourth-order valence-corrected chi connectivity index (χ4v) is 3.00. The van der Waals surface area contributed by atoms with Gasteiger partial charge in [0.2, 0.25) is 0 Å². The Labute approximate surface area is 167 Å². The fraction of sp³-hybridized carbons (Fsp3) is 0.0556. The second kappa shape index (κ2) is 8.77. The van der Waals surface area contributed by atoms with E-state index in [2.05, 4.69) is 20.9 Å². The molecule has 0 spiro atoms. The predicted octanol–water partition coefficient (Wildman–Crippen LogP) is 4.65. The number of carbonyl (C=O) groups is 2. The van der Waals surface area contributed by atoms with Crippen LogP contribution in [0.4, 0.5) is 24.4 Å². The first-order valence-electron chi connectivity index (χ1n) is 7.92. The van der Waals surface area contributed by atoms with Gasteiger partial charge in [0, 0.05) is 28.2 Å². The number of amides is 3. The lowest BCUT2D eigenvalue weighted by molar-refractivity contribution is 0.0946. The van der Waals surface area contributed by atoms with Gasteiger partial charge in [-0.1, -0.05) is 17.7 Å². The van der Waals surface area contributed by atoms with Crippen LogP contribution in [0.3, 0.4) is 0 Å². The lowest BCUT2D eigenvalue weighted by Crippen LogP contribution is -2.24. The van der Waals surface area contributed by atoms with Crippen LogP contribution in [-0.4, -0.2) is 16.9 Å². The summed E-state index contributed by atoms with van der Waals surface area (Å²) < 4.78 is 27.2. The Morgan fingerprint density at radius 2 is 1.71 bits per heavy atom. The topological polar surface area (TPSA) is 83.1 Å². The highest BCUT2D eigenvalue weighted by Gasteiger charge is 2.14. The monoisotopic (exact) mass is 422 g/mol. The van der Waals surface area contributed by atoms with Crippen molar-refractivity contribution >= 4 is 45.7 Å². The van der Waals surface area contributed by atoms with Gasteiger partial charge >= 0.3 is 6.03 Å². The van der Waals surface area contributed by atoms with Gasteiger partial charge in [-0.05, 0) is 36.4 Å². The van der Waals surface area contributed by atoms with Crippen LogP contribution < -0.4 is 16.0 Å². The Morgan fingerprint density at radius 1 is 1.04 bits per heavy atom. The van der Waals surface area contributed by atoms with Gasteiger partial charge in [0.25, 0.3) is 5.91 Å². The normalized spacial score (nSPS) is 10.4. The Hall–Kier alpha value is -3.04. The SMILES string of the molecule is O=C(Nc1ccc(Cl)cc1)Nc1nc(C(=O)NCc2c(F)cccc2F)cs1. The highest BCUT2D eigenvalue weighted by atomic mass is 35.5. The minimum Gasteiger partial charge on any atom is -0.346 e. The highest BCUT2D eigenvalue weighted by Crippen LogP contribution is 2.18. The molecule has 0 aliphatic heterocycles. The number of benzene rings is 2. The molecule has 144 valence electrons. The van der Waals surface area contributed by atoms with E-state index in [1.807, 2.05) is 0 Å². The molecular weight excluding hydrogens is 410 g/mol. The summed E-state index contributed by atoms with van der Waals surface area (Å²) >= 11 is 6.81. The number of anilines is 2. The van der Waals surface area contributed by atoms with Crippen LogP contribution in [0, 0.1) is 11.6 Å². The molecular formula is C18H13ClF2N4O2S. The van der Waals surface area contributed by atoms with Crippen molar-refractivity contribution in [2.24, 2.45) is 0 Å². The first kappa shape index (κ1) is 19.7. The van der Waals surface area contributed by atoms with Crippen LogP contribution in [0.5, 0.6) is 0 Å². The highest BCUT2D eigenvalue weighted by molar-refractivity contribution is 7.14. The van der Waals surface area contributed by atoms with Crippen LogP contribution in [0.1, 0.15) is 16.1 Å². The molecule has 0 saturated heterocycles. The number of nitrogens with zero attached hydrogens (tertiary/aromatic N) is 1. The van der Waals surface area contributed by atoms with Gasteiger partial charge in [0.05, 0.1) is 0 Å². The zero-order valence-corrected chi connectivity index (χ0v) is 15.7. The van der Waals surface area contributed by atoms with Gasteiger partial charge < -0.3 is 10.6 Å². The van der Waals surface area contributed by atoms with Crippen LogP contribution in [0.25, 0.3) is 0 Å². The Kier molecular flexibility index (Phi) is 6.17. The number of nitrogens with one attached hydrogen (secondary N) is 3. The van der Waals surface area contributed by atoms with Crippen LogP contribution in [0.2, 0.25) is 5.02 Å². The lowest BCUT2D eigenvalue weighted by atomic mass is 10.2. The third-order valence-electron chi connectivity index (χ3n) is 3.55. The van der Waals surface area contributed by atoms with Crippen molar-refractivity contribution in [1.29, 1.82) is 0 Å². The number of rotatable bonds is 5. The van der Waals surface area contributed by atoms with Crippen molar-refractivity contribution in [3.8, 4) is 0 Å². The van der Waals surface area contributed by atoms with Crippen molar-refractivity contribution in [2.75, 3.05) is 10.6 Å². The van der Waals surface area contributed by atoms with Gasteiger partial charge in [-0.15, -0.1) is 11.3 Å². The second-order valence-corrected chi connectivity index (χ2v) is 6.80. The third kappa shape index (κ3) is 5.02. The molecule has 0 saturated carbocycles. The number of hydrogen-bond donors (Lipinski definition) is 3. The zero-order valence-electron chi connectivity index (χ0n) is 14.1. The standard InChI is InChI=1S/C18H13ClF2N4O2S/c19-10-4-6-11(7-5-10)23-17(27)25-18-24-15(9-28-18)16(26)22-8-12-13(20)2-1-3-14(12)21/h1-7,9H,8H2,(H,22,26)(H2,23,24,25,27). The van der Waals surface area contributed by atoms with Crippen molar-refractivity contribution in [3.05, 3.63) is 75.8 Å². The van der Waals surface area contributed by atoms with Gasteiger partial charge in [-0.3, -0.25) is 10.1 Å². The minimum absolute atomic E-state index is 0.0172. The van der Waals surface area contributed by atoms with E-state index in [0.29, 0.717) is 10.7 Å². The molecule has 0 fully saturated rings. The van der Waals surface area contributed by atoms with E-state index in [1.165, 1.54) is 11.4 Å². The smallest absolute Gasteiger partial charge is 0.325 e. The average molecular weight is 423 g/mol. The molecule has 2 aromatic carbocycles. The largest absolute Gasteiger partial charge is 0.346 e. The van der Waals surface area contributed by atoms with E-state index in [-0.39, 0.29) is 22.9 Å². The van der Waals surface area contributed by atoms with Crippen molar-refractivity contribution in [2.45, 2.75) is 6.54 Å². The number of thiazole rings is 1. The first-order valence-corrected chi connectivity index (χ1v) is 9.18. The summed E-state index contributed by atoms with van der Waals surface area (Å²) in [7, 11) is 0. The minimum atomic E-state index is -0.750. The van der Waals surface area contributed by atoms with E-state index >= 15 is 0 Å². The van der Waals surface area contributed by atoms with E-state index in [0.717, 1.165) is 23.5 Å². The summed E-state index contributed by atoms with van der Waals surface area (Å²) in [6, 6.07) is 9.42. The maximum absolute atomic E-state index is 13.6. The van der Waals surface area contributed by atoms with Crippen LogP contribution in [0.15, 0.2) is 47.8 Å². The molecule has 3 amide bonds. The van der Waals surface area contributed by atoms with Crippen molar-refractivity contribution < 1.29 is 18.4 Å². The van der Waals surface area contributed by atoms with E-state index in [9.17, 15) is 18.4 Å². The molecule has 3 aromatic rings. The van der Waals surface area contributed by atoms with Crippen LogP contribution >= 0.6 is 22.9 Å². The first-order chi connectivity index (χ1) is 13.4. The van der Waals surface area contributed by atoms with E-state index in [1.54, 1.807) is 24.3 Å². The summed E-state index contributed by atoms with van der Waals surface area (Å²) in [5.74, 6) is -2.12. The van der Waals surface area contributed by atoms with E-state index < -0.39 is 23.6 Å². The molecule has 3 N–H and O–H groups in total. The number of hydrogen-bond acceptors (Lipinski definition) is 4. The summed E-state index contributed by atoms with van der Waals surface area (Å²) in [5.41, 5.74) is 0.304. The molecule has 0 bridgehead atoms. The number of halogens is 3. The molecule has 0 aliphatic rings. The maximum atomic E-state index is 13.6. The average Bonchev–Trinajstić information content (AvgIpc) is 3.11. The summed E-state index contributed by atoms with van der Waals surface area (Å²) in [4.78, 5) is 28.1. The Balaban J connectivity index is 1.56. The molecule has 1 heterocycles. The summed E-state index contributed by atoms with van der Waals surface area (Å²) in [6.45, 7) is -0.325. The second-order valence-electron chi connectivity index (χ2n) is 5.51. The van der Waals surface area contributed by atoms with E-state index in [4.69, 9.17) is 11.6 Å². The zero-order chi connectivity index (χ0) is 20.1. The molecule has 1 aromatic heterocycles. The Morgan fingerprint density at radius 3 is 2.39 bits per heavy atom. The molecule has 0 aliphatic carbocycles. The number of aromatic nitrogens is 1. The van der Waals surface area contributed by atoms with Crippen molar-refractivity contribution in [3.63, 3.8) is 0 Å². The molecule has 0 atom stereocenters. The quantitative estimate of drug-likeness (QED) is 0.559. The van der Waals surface area contributed by atoms with Gasteiger partial charge in [0.1, 0.15) is 17.3 Å². The molecule has 28 heavy (non-hydrogen) atoms. The molecule has 0 unspecified atom stereocenters. The van der Waals surface area contributed by atoms with Gasteiger partial charge in [-0.25, -0.2) is 18.6 Å². The van der Waals surface area contributed by atoms with Gasteiger partial charge in [0.15, 0.2) is 5.13 Å². The van der Waals surface area contributed by atoms with Crippen LogP contribution in [-0.2, 0) is 6.54 Å². The summed E-state index contributed by atoms with van der Waals surface area (Å²) in [5, 5.41) is 9.63. The Bertz CT molecular complexity index is 991. The third-order valence-corrected chi connectivity index (χ3v) is 4.56. The lowest BCUT2D eigenvalue weighted by Gasteiger charge is -2.06. The molecule has 3 rings (SSSR count). The maximum Gasteiger partial charge on any atom is 0.325 e. The van der Waals surface area contributed by atoms with Crippen molar-refractivity contribution in [1.82, 2.24) is 10.3 Å². The fourth-order valence-electron chi connectivity index (χ4n) is 2.19. The number of urea groups is 1. The molecule has 6 nitrogen and oxygen atoms in total. The molecule has 0 radical (unpaired) electrons. The molecule has 10 heteroatoms. The predicted molar refractivity (Wildman–Crippen MR) is 104 cm³/mol.